The molecular formula is C14H17NO3. The number of nitrogens with zero attached hydrogens (tertiary/aromatic N) is 1. The molecule has 0 bridgehead atoms. The van der Waals surface area contributed by atoms with Crippen LogP contribution in [0.15, 0.2) is 36.0 Å². The number of hydrogen-bond donors (Lipinski definition) is 0. The Balaban J connectivity index is 2.32. The maximum absolute atomic E-state index is 11.7. The summed E-state index contributed by atoms with van der Waals surface area (Å²) in [6.07, 6.45) is 3.43. The lowest BCUT2D eigenvalue weighted by atomic mass is 10.0. The summed E-state index contributed by atoms with van der Waals surface area (Å²) < 4.78 is 4.79. The Morgan fingerprint density at radius 3 is 2.89 bits per heavy atom. The first-order valence-electron chi connectivity index (χ1n) is 6.07. The van der Waals surface area contributed by atoms with Crippen LogP contribution >= 0.6 is 0 Å². The van der Waals surface area contributed by atoms with E-state index in [2.05, 4.69) is 0 Å². The summed E-state index contributed by atoms with van der Waals surface area (Å²) >= 11 is 0. The maximum Gasteiger partial charge on any atom is 0.356 e. The van der Waals surface area contributed by atoms with Gasteiger partial charge in [0.05, 0.1) is 19.4 Å². The number of carbonyl (C=O) groups excluding carboxylic acids is 1. The highest BCUT2D eigenvalue weighted by molar-refractivity contribution is 5.93. The summed E-state index contributed by atoms with van der Waals surface area (Å²) in [5, 5.41) is 1.58. The largest absolute Gasteiger partial charge is 0.464 e. The van der Waals surface area contributed by atoms with Crippen LogP contribution in [0.3, 0.4) is 0 Å². The van der Waals surface area contributed by atoms with Crippen LogP contribution in [-0.4, -0.2) is 19.7 Å². The van der Waals surface area contributed by atoms with Crippen molar-refractivity contribution in [1.82, 2.24) is 0 Å². The van der Waals surface area contributed by atoms with Gasteiger partial charge in [-0.15, -0.1) is 0 Å². The Hall–Kier alpha value is -1.81. The number of esters is 1. The van der Waals surface area contributed by atoms with Crippen LogP contribution in [0.25, 0.3) is 0 Å². The van der Waals surface area contributed by atoms with E-state index in [0.29, 0.717) is 18.7 Å². The van der Waals surface area contributed by atoms with E-state index in [1.807, 2.05) is 37.3 Å². The quantitative estimate of drug-likeness (QED) is 0.766. The Labute approximate surface area is 107 Å². The standard InChI is InChI=1S/C14H17NO3/c1-3-10-18-15-12-7-5-4-6-11(12)8-9-13(15)14(16)17-2/h4-7,9H,3,8,10H2,1-2H3. The average Bonchev–Trinajstić information content (AvgIpc) is 2.43. The molecule has 0 amide bonds. The van der Waals surface area contributed by atoms with Gasteiger partial charge in [-0.2, -0.15) is 0 Å². The molecule has 0 N–H and O–H groups in total. The number of ether oxygens (including phenoxy) is 1. The summed E-state index contributed by atoms with van der Waals surface area (Å²) in [5.41, 5.74) is 2.50. The molecule has 0 aromatic heterocycles. The van der Waals surface area contributed by atoms with E-state index in [0.717, 1.165) is 17.7 Å². The van der Waals surface area contributed by atoms with Crippen LogP contribution in [0, 0.1) is 0 Å². The number of methoxy groups -OCH3 is 1. The minimum atomic E-state index is -0.374. The van der Waals surface area contributed by atoms with Gasteiger partial charge in [0.2, 0.25) is 0 Å². The molecule has 96 valence electrons. The lowest BCUT2D eigenvalue weighted by Gasteiger charge is -2.29. The zero-order valence-corrected chi connectivity index (χ0v) is 10.7. The van der Waals surface area contributed by atoms with Crippen molar-refractivity contribution >= 4 is 11.7 Å². The summed E-state index contributed by atoms with van der Waals surface area (Å²) in [6, 6.07) is 7.89. The SMILES string of the molecule is CCCON1C(C(=O)OC)=CCc2ccccc21. The summed E-state index contributed by atoms with van der Waals surface area (Å²) in [4.78, 5) is 17.4. The number of anilines is 1. The average molecular weight is 247 g/mol. The first-order chi connectivity index (χ1) is 8.77. The highest BCUT2D eigenvalue weighted by Gasteiger charge is 2.25. The third kappa shape index (κ3) is 2.38. The number of hydrogen-bond acceptors (Lipinski definition) is 4. The van der Waals surface area contributed by atoms with E-state index < -0.39 is 0 Å². The molecule has 1 aliphatic heterocycles. The monoisotopic (exact) mass is 247 g/mol. The topological polar surface area (TPSA) is 38.8 Å². The van der Waals surface area contributed by atoms with Gasteiger partial charge >= 0.3 is 5.97 Å². The summed E-state index contributed by atoms with van der Waals surface area (Å²) in [5.74, 6) is -0.374. The minimum absolute atomic E-state index is 0.374. The fourth-order valence-corrected chi connectivity index (χ4v) is 1.89. The highest BCUT2D eigenvalue weighted by Crippen LogP contribution is 2.30. The van der Waals surface area contributed by atoms with Crippen LogP contribution in [-0.2, 0) is 20.8 Å². The predicted molar refractivity (Wildman–Crippen MR) is 69.0 cm³/mol. The number of fused-ring (bicyclic) bond motifs is 1. The van der Waals surface area contributed by atoms with Gasteiger partial charge in [-0.05, 0) is 30.5 Å². The molecule has 0 fully saturated rings. The number of allylic oxidation sites excluding steroid dienone is 1. The van der Waals surface area contributed by atoms with Crippen molar-refractivity contribution in [2.75, 3.05) is 18.8 Å². The molecule has 0 saturated carbocycles. The highest BCUT2D eigenvalue weighted by atomic mass is 16.7. The molecule has 2 rings (SSSR count). The maximum atomic E-state index is 11.7. The molecule has 0 unspecified atom stereocenters. The second-order valence-electron chi connectivity index (χ2n) is 4.04. The number of para-hydroxylation sites is 1. The molecule has 4 heteroatoms. The normalized spacial score (nSPS) is 13.9. The Kier molecular flexibility index (Phi) is 3.99. The number of rotatable bonds is 4. The molecule has 4 nitrogen and oxygen atoms in total. The van der Waals surface area contributed by atoms with Crippen molar-refractivity contribution < 1.29 is 14.4 Å². The first-order valence-corrected chi connectivity index (χ1v) is 6.07. The molecule has 0 saturated heterocycles. The van der Waals surface area contributed by atoms with Gasteiger partial charge in [-0.3, -0.25) is 4.84 Å². The number of hydroxylamine groups is 1. The number of carbonyl (C=O) groups is 1. The zero-order chi connectivity index (χ0) is 13.0. The van der Waals surface area contributed by atoms with Gasteiger partial charge < -0.3 is 4.74 Å². The van der Waals surface area contributed by atoms with Crippen LogP contribution in [0.2, 0.25) is 0 Å². The van der Waals surface area contributed by atoms with Crippen molar-refractivity contribution in [3.05, 3.63) is 41.6 Å². The third-order valence-corrected chi connectivity index (χ3v) is 2.76. The summed E-state index contributed by atoms with van der Waals surface area (Å²) in [6.45, 7) is 2.58. The molecule has 1 aliphatic rings. The van der Waals surface area contributed by atoms with Crippen LogP contribution in [0.5, 0.6) is 0 Å². The van der Waals surface area contributed by atoms with Gasteiger partial charge in [0.1, 0.15) is 0 Å². The lowest BCUT2D eigenvalue weighted by molar-refractivity contribution is -0.137. The predicted octanol–water partition coefficient (Wildman–Crippen LogP) is 2.45. The second-order valence-corrected chi connectivity index (χ2v) is 4.04. The van der Waals surface area contributed by atoms with E-state index >= 15 is 0 Å². The lowest BCUT2D eigenvalue weighted by Crippen LogP contribution is -2.32. The van der Waals surface area contributed by atoms with Gasteiger partial charge in [0.15, 0.2) is 5.70 Å². The fourth-order valence-electron chi connectivity index (χ4n) is 1.89. The zero-order valence-electron chi connectivity index (χ0n) is 10.7. The molecule has 0 aliphatic carbocycles. The first kappa shape index (κ1) is 12.6. The van der Waals surface area contributed by atoms with Crippen molar-refractivity contribution in [2.24, 2.45) is 0 Å². The van der Waals surface area contributed by atoms with Gasteiger partial charge in [-0.1, -0.05) is 25.1 Å². The van der Waals surface area contributed by atoms with Crippen molar-refractivity contribution in [3.8, 4) is 0 Å². The van der Waals surface area contributed by atoms with Crippen LogP contribution in [0.1, 0.15) is 18.9 Å². The summed E-state index contributed by atoms with van der Waals surface area (Å²) in [7, 11) is 1.38. The molecule has 0 spiro atoms. The Bertz CT molecular complexity index is 468. The molecule has 0 atom stereocenters. The number of benzene rings is 1. The fraction of sp³-hybridized carbons (Fsp3) is 0.357. The van der Waals surface area contributed by atoms with Crippen molar-refractivity contribution in [1.29, 1.82) is 0 Å². The Morgan fingerprint density at radius 1 is 1.39 bits per heavy atom. The molecular weight excluding hydrogens is 230 g/mol. The smallest absolute Gasteiger partial charge is 0.356 e. The molecule has 1 aromatic carbocycles. The van der Waals surface area contributed by atoms with Crippen molar-refractivity contribution in [2.45, 2.75) is 19.8 Å². The van der Waals surface area contributed by atoms with E-state index in [1.54, 1.807) is 5.06 Å². The minimum Gasteiger partial charge on any atom is -0.464 e. The van der Waals surface area contributed by atoms with Crippen molar-refractivity contribution in [3.63, 3.8) is 0 Å². The van der Waals surface area contributed by atoms with E-state index in [9.17, 15) is 4.79 Å². The van der Waals surface area contributed by atoms with E-state index in [-0.39, 0.29) is 5.97 Å². The molecule has 0 radical (unpaired) electrons. The molecule has 1 aromatic rings. The van der Waals surface area contributed by atoms with Gasteiger partial charge in [0, 0.05) is 0 Å². The van der Waals surface area contributed by atoms with Crippen LogP contribution < -0.4 is 5.06 Å². The second kappa shape index (κ2) is 5.69. The van der Waals surface area contributed by atoms with E-state index in [1.165, 1.54) is 7.11 Å². The molecule has 1 heterocycles. The molecule has 18 heavy (non-hydrogen) atoms. The van der Waals surface area contributed by atoms with Crippen LogP contribution in [0.4, 0.5) is 5.69 Å². The third-order valence-electron chi connectivity index (χ3n) is 2.76. The van der Waals surface area contributed by atoms with E-state index in [4.69, 9.17) is 9.57 Å². The van der Waals surface area contributed by atoms with Gasteiger partial charge in [-0.25, -0.2) is 9.86 Å². The van der Waals surface area contributed by atoms with Gasteiger partial charge in [0.25, 0.3) is 0 Å². The Morgan fingerprint density at radius 2 is 2.17 bits per heavy atom.